The maximum absolute atomic E-state index is 12.1. The Morgan fingerprint density at radius 1 is 0.344 bits per heavy atom. The Balaban J connectivity index is 0.000000261. The first-order valence-corrected chi connectivity index (χ1v) is 42.4. The highest BCUT2D eigenvalue weighted by atomic mass is 16.5. The van der Waals surface area contributed by atoms with Gasteiger partial charge in [-0.2, -0.15) is 0 Å². The van der Waals surface area contributed by atoms with Crippen molar-refractivity contribution in [1.29, 1.82) is 0 Å². The number of nitrogens with two attached hydrogens (primary N) is 4. The van der Waals surface area contributed by atoms with E-state index in [-0.39, 0.29) is 11.8 Å². The van der Waals surface area contributed by atoms with E-state index in [1.165, 1.54) is 83.8 Å². The van der Waals surface area contributed by atoms with Gasteiger partial charge in [0.15, 0.2) is 18.7 Å². The molecule has 3 atom stereocenters. The lowest BCUT2D eigenvalue weighted by molar-refractivity contribution is -0.134. The Morgan fingerprint density at radius 3 is 0.883 bits per heavy atom. The van der Waals surface area contributed by atoms with Gasteiger partial charge in [-0.3, -0.25) is 46.2 Å². The van der Waals surface area contributed by atoms with Gasteiger partial charge in [0.05, 0.1) is 23.5 Å². The highest BCUT2D eigenvalue weighted by Crippen LogP contribution is 2.31. The quantitative estimate of drug-likeness (QED) is 0.0103. The zero-order chi connectivity index (χ0) is 93.7. The monoisotopic (exact) mass is 1730 g/mol. The third-order valence-electron chi connectivity index (χ3n) is 18.6. The number of ether oxygens (including phenoxy) is 7. The maximum atomic E-state index is 12.1. The zero-order valence-corrected chi connectivity index (χ0v) is 77.5. The molecule has 12 aromatic rings. The van der Waals surface area contributed by atoms with Crippen molar-refractivity contribution in [2.75, 3.05) is 56.4 Å². The van der Waals surface area contributed by atoms with Crippen LogP contribution in [0.2, 0.25) is 0 Å². The lowest BCUT2D eigenvalue weighted by Gasteiger charge is -2.14. The molecule has 0 aliphatic rings. The van der Waals surface area contributed by atoms with E-state index in [0.717, 1.165) is 70.7 Å². The summed E-state index contributed by atoms with van der Waals surface area (Å²) >= 11 is 0. The summed E-state index contributed by atoms with van der Waals surface area (Å²) in [6.45, 7) is 21.9. The van der Waals surface area contributed by atoms with Crippen molar-refractivity contribution < 1.29 is 57.1 Å². The normalized spacial score (nSPS) is 11.1. The molecule has 0 unspecified atom stereocenters. The summed E-state index contributed by atoms with van der Waals surface area (Å²) in [5, 5.41) is 0. The van der Waals surface area contributed by atoms with Crippen LogP contribution in [0.5, 0.6) is 46.0 Å². The van der Waals surface area contributed by atoms with Gasteiger partial charge in [0.1, 0.15) is 46.0 Å². The summed E-state index contributed by atoms with van der Waals surface area (Å²) in [5.41, 5.74) is 39.8. The number of hydrogen-bond donors (Lipinski definition) is 4. The lowest BCUT2D eigenvalue weighted by atomic mass is 10.1. The number of aryl methyl sites for hydroxylation is 8. The van der Waals surface area contributed by atoms with Gasteiger partial charge in [0.2, 0.25) is 0 Å². The van der Waals surface area contributed by atoms with Gasteiger partial charge in [0.25, 0.3) is 31.2 Å². The van der Waals surface area contributed by atoms with E-state index in [1.54, 1.807) is 52.5 Å². The number of hydrogen-bond acceptors (Lipinski definition) is 18. The minimum Gasteiger partial charge on any atom is -0.457 e. The largest absolute Gasteiger partial charge is 0.457 e. The number of rotatable bonds is 31. The minimum absolute atomic E-state index is 0.0669. The van der Waals surface area contributed by atoms with Crippen LogP contribution in [0.25, 0.3) is 0 Å². The van der Waals surface area contributed by atoms with Crippen molar-refractivity contribution in [2.45, 2.75) is 139 Å². The highest BCUT2D eigenvalue weighted by Gasteiger charge is 2.17. The molecule has 0 heterocycles. The molecule has 0 aliphatic heterocycles. The predicted molar refractivity (Wildman–Crippen MR) is 518 cm³/mol. The molecule has 0 fully saturated rings. The molecule has 0 saturated carbocycles. The average molecular weight is 1740 g/mol. The van der Waals surface area contributed by atoms with Crippen LogP contribution in [0.3, 0.4) is 0 Å². The molecular formula is C107H131N9O12. The Kier molecular flexibility index (Phi) is 48.1. The fourth-order valence-corrected chi connectivity index (χ4v) is 11.7. The van der Waals surface area contributed by atoms with E-state index in [2.05, 4.69) is 139 Å². The topological polar surface area (TPSA) is 279 Å². The Bertz CT molecular complexity index is 4870. The number of amidine groups is 1. The van der Waals surface area contributed by atoms with Gasteiger partial charge in [-0.15, -0.1) is 0 Å². The Morgan fingerprint density at radius 2 is 0.609 bits per heavy atom. The molecule has 2 amide bonds. The SMILES string of the molecule is CCCCc1cccc(CN=C(C)N)c1.Cc1ccc(C[C@@H](N)OC=O)cc1.Cc1ccc(C[C@@H](N)OC=O)cc1.Cc1ccc(C[C@@H](N)OC=O)cc1.Cc1ccc(Oc2ccccc2C(=O)N(C)C)cc1.Cc1ccc(Oc2ccccc2C(=O)N(C)C)cc1.Cc1ccc(Oc2ccccc2CN(C)C)cc1.Cc1ccc(Oc2ccccc2CN(C)C)cc1. The van der Waals surface area contributed by atoms with Crippen LogP contribution in [-0.4, -0.2) is 132 Å². The van der Waals surface area contributed by atoms with Gasteiger partial charge in [-0.25, -0.2) is 0 Å². The molecule has 0 spiro atoms. The second-order valence-corrected chi connectivity index (χ2v) is 31.5. The molecule has 128 heavy (non-hydrogen) atoms. The molecule has 21 nitrogen and oxygen atoms in total. The number of para-hydroxylation sites is 4. The molecule has 0 radical (unpaired) electrons. The Labute approximate surface area is 759 Å². The van der Waals surface area contributed by atoms with Gasteiger partial charge in [-0.1, -0.05) is 259 Å². The second-order valence-electron chi connectivity index (χ2n) is 31.5. The molecule has 676 valence electrons. The van der Waals surface area contributed by atoms with E-state index in [4.69, 9.17) is 41.9 Å². The highest BCUT2D eigenvalue weighted by molar-refractivity contribution is 5.97. The van der Waals surface area contributed by atoms with Crippen LogP contribution in [-0.2, 0) is 73.9 Å². The summed E-state index contributed by atoms with van der Waals surface area (Å²) in [7, 11) is 15.1. The van der Waals surface area contributed by atoms with Gasteiger partial charge in [0, 0.05) is 71.7 Å². The van der Waals surface area contributed by atoms with Crippen molar-refractivity contribution in [1.82, 2.24) is 19.6 Å². The minimum atomic E-state index is -0.541. The smallest absolute Gasteiger partial charge is 0.294 e. The standard InChI is InChI=1S/2C16H17NO2.2C16H19NO.C13H20N2.3C10H13NO2/c2*1-12-8-10-13(11-9-12)19-15-7-5-4-6-14(15)16(18)17(2)3;2*1-13-8-10-15(11-9-13)18-16-7-5-4-6-14(16)12-17(2)3;1-3-4-6-12-7-5-8-13(9-12)10-15-11(2)14;3*1-8-2-4-9(5-3-8)6-10(11)13-7-12/h2*4-11H,1-3H3;2*4-11H,12H2,1-3H3;5,7-9H,3-4,6,10H2,1-2H3,(H2,14,15);3*2-5,7,10H,6,11H2,1H3/t;;;;;3*10-/m.....000/s1. The number of aliphatic imine (C=N–C) groups is 1. The molecule has 21 heteroatoms. The number of benzene rings is 12. The summed E-state index contributed by atoms with van der Waals surface area (Å²) in [6.07, 6.45) is 3.69. The third-order valence-corrected chi connectivity index (χ3v) is 18.6. The molecule has 0 bridgehead atoms. The summed E-state index contributed by atoms with van der Waals surface area (Å²) in [4.78, 5) is 65.5. The van der Waals surface area contributed by atoms with Crippen LogP contribution in [0.1, 0.15) is 125 Å². The first-order valence-electron chi connectivity index (χ1n) is 42.4. The molecule has 12 aromatic carbocycles. The van der Waals surface area contributed by atoms with Crippen molar-refractivity contribution >= 4 is 37.1 Å². The van der Waals surface area contributed by atoms with E-state index in [1.807, 2.05) is 248 Å². The fourth-order valence-electron chi connectivity index (χ4n) is 11.7. The average Bonchev–Trinajstić information content (AvgIpc) is 0.837. The fraction of sp³-hybridized carbons (Fsp3) is 0.271. The molecule has 0 saturated heterocycles. The zero-order valence-electron chi connectivity index (χ0n) is 77.5. The summed E-state index contributed by atoms with van der Waals surface area (Å²) in [5.74, 6) is 6.73. The number of carbonyl (C=O) groups excluding carboxylic acids is 5. The van der Waals surface area contributed by atoms with Crippen molar-refractivity contribution in [3.05, 3.63) is 380 Å². The van der Waals surface area contributed by atoms with E-state index >= 15 is 0 Å². The van der Waals surface area contributed by atoms with Gasteiger partial charge < -0.3 is 58.5 Å². The first kappa shape index (κ1) is 105. The third kappa shape index (κ3) is 42.9. The van der Waals surface area contributed by atoms with Crippen molar-refractivity contribution in [3.8, 4) is 46.0 Å². The maximum Gasteiger partial charge on any atom is 0.294 e. The summed E-state index contributed by atoms with van der Waals surface area (Å²) < 4.78 is 37.2. The van der Waals surface area contributed by atoms with Gasteiger partial charge in [-0.05, 0) is 209 Å². The summed E-state index contributed by atoms with van der Waals surface area (Å²) in [6, 6.07) is 95.0. The molecular weight excluding hydrogens is 1600 g/mol. The van der Waals surface area contributed by atoms with E-state index in [0.29, 0.717) is 73.7 Å². The Hall–Kier alpha value is -13.5. The first-order chi connectivity index (χ1) is 61.3. The van der Waals surface area contributed by atoms with Gasteiger partial charge >= 0.3 is 0 Å². The predicted octanol–water partition coefficient (Wildman–Crippen LogP) is 20.6. The van der Waals surface area contributed by atoms with E-state index < -0.39 is 18.7 Å². The number of carbonyl (C=O) groups is 5. The number of unbranched alkanes of at least 4 members (excludes halogenated alkanes) is 1. The van der Waals surface area contributed by atoms with Crippen molar-refractivity contribution in [3.63, 3.8) is 0 Å². The van der Waals surface area contributed by atoms with Crippen LogP contribution in [0.15, 0.2) is 296 Å². The molecule has 8 N–H and O–H groups in total. The molecule has 0 aromatic heterocycles. The van der Waals surface area contributed by atoms with Crippen LogP contribution < -0.4 is 41.9 Å². The molecule has 0 aliphatic carbocycles. The van der Waals surface area contributed by atoms with Crippen LogP contribution in [0.4, 0.5) is 0 Å². The molecule has 12 rings (SSSR count). The number of nitrogens with zero attached hydrogens (tertiary/aromatic N) is 5. The van der Waals surface area contributed by atoms with Crippen LogP contribution >= 0.6 is 0 Å². The van der Waals surface area contributed by atoms with Crippen molar-refractivity contribution in [2.24, 2.45) is 27.9 Å². The second kappa shape index (κ2) is 58.6. The lowest BCUT2D eigenvalue weighted by Crippen LogP contribution is -2.25. The number of amides is 2. The van der Waals surface area contributed by atoms with Crippen LogP contribution in [0, 0.1) is 48.5 Å². The van der Waals surface area contributed by atoms with E-state index in [9.17, 15) is 24.0 Å².